The summed E-state index contributed by atoms with van der Waals surface area (Å²) in [6, 6.07) is 0. The fraction of sp³-hybridized carbons (Fsp3) is 0.917. The third-order valence-electron chi connectivity index (χ3n) is 10.2. The van der Waals surface area contributed by atoms with E-state index in [0.717, 1.165) is 24.7 Å². The van der Waals surface area contributed by atoms with Gasteiger partial charge in [0.2, 0.25) is 0 Å². The van der Waals surface area contributed by atoms with E-state index in [9.17, 15) is 9.59 Å². The first-order valence-electron chi connectivity index (χ1n) is 11.8. The van der Waals surface area contributed by atoms with Crippen LogP contribution in [0.4, 0.5) is 0 Å². The van der Waals surface area contributed by atoms with Crippen LogP contribution in [0.3, 0.4) is 0 Å². The van der Waals surface area contributed by atoms with E-state index in [-0.39, 0.29) is 0 Å². The van der Waals surface area contributed by atoms with Crippen molar-refractivity contribution < 1.29 is 9.59 Å². The van der Waals surface area contributed by atoms with E-state index in [0.29, 0.717) is 58.9 Å². The number of carbonyl (C=O) groups excluding carboxylic acids is 2. The molecule has 142 valence electrons. The zero-order valence-corrected chi connectivity index (χ0v) is 16.1. The van der Waals surface area contributed by atoms with Crippen LogP contribution in [-0.2, 0) is 9.59 Å². The van der Waals surface area contributed by atoms with Crippen LogP contribution >= 0.6 is 0 Å². The third kappa shape index (κ3) is 2.05. The van der Waals surface area contributed by atoms with E-state index < -0.39 is 0 Å². The van der Waals surface area contributed by atoms with Crippen LogP contribution in [0.25, 0.3) is 0 Å². The summed E-state index contributed by atoms with van der Waals surface area (Å²) < 4.78 is 0. The van der Waals surface area contributed by atoms with Crippen molar-refractivity contribution in [3.63, 3.8) is 0 Å². The molecule has 6 saturated carbocycles. The largest absolute Gasteiger partial charge is 0.299 e. The first-order valence-corrected chi connectivity index (χ1v) is 11.8. The third-order valence-corrected chi connectivity index (χ3v) is 10.2. The summed E-state index contributed by atoms with van der Waals surface area (Å²) in [6.07, 6.45) is 15.1. The molecule has 0 heterocycles. The Labute approximate surface area is 157 Å². The molecule has 0 aromatic rings. The van der Waals surface area contributed by atoms with Gasteiger partial charge < -0.3 is 0 Å². The Balaban J connectivity index is 1.33. The molecule has 0 spiro atoms. The van der Waals surface area contributed by atoms with Crippen LogP contribution in [0.2, 0.25) is 0 Å². The number of hydrogen-bond donors (Lipinski definition) is 0. The molecule has 6 aliphatic rings. The summed E-state index contributed by atoms with van der Waals surface area (Å²) in [5.74, 6) is 7.36. The topological polar surface area (TPSA) is 34.1 Å². The summed E-state index contributed by atoms with van der Waals surface area (Å²) in [7, 11) is 0. The van der Waals surface area contributed by atoms with Gasteiger partial charge in [0.05, 0.1) is 0 Å². The molecule has 0 saturated heterocycles. The minimum Gasteiger partial charge on any atom is -0.299 e. The van der Waals surface area contributed by atoms with E-state index in [1.165, 1.54) is 64.2 Å². The fourth-order valence-electron chi connectivity index (χ4n) is 9.50. The highest BCUT2D eigenvalue weighted by Crippen LogP contribution is 2.64. The van der Waals surface area contributed by atoms with Crippen LogP contribution < -0.4 is 0 Å². The number of fused-ring (bicyclic) bond motifs is 9. The minimum absolute atomic E-state index is 0.403. The molecule has 6 aliphatic carbocycles. The van der Waals surface area contributed by atoms with Gasteiger partial charge in [0.1, 0.15) is 11.6 Å². The smallest absolute Gasteiger partial charge is 0.139 e. The van der Waals surface area contributed by atoms with Crippen molar-refractivity contribution in [3.05, 3.63) is 0 Å². The van der Waals surface area contributed by atoms with Crippen LogP contribution in [0.15, 0.2) is 0 Å². The predicted octanol–water partition coefficient (Wildman–Crippen LogP) is 5.05. The molecule has 6 rings (SSSR count). The van der Waals surface area contributed by atoms with Gasteiger partial charge in [-0.2, -0.15) is 0 Å². The molecule has 0 aromatic heterocycles. The van der Waals surface area contributed by atoms with Crippen molar-refractivity contribution in [2.45, 2.75) is 77.0 Å². The monoisotopic (exact) mass is 354 g/mol. The minimum atomic E-state index is 0.403. The van der Waals surface area contributed by atoms with Gasteiger partial charge in [-0.3, -0.25) is 9.59 Å². The maximum absolute atomic E-state index is 13.1. The molecular formula is C24H34O2. The number of rotatable bonds is 0. The summed E-state index contributed by atoms with van der Waals surface area (Å²) in [5, 5.41) is 0. The van der Waals surface area contributed by atoms with E-state index >= 15 is 0 Å². The van der Waals surface area contributed by atoms with Crippen LogP contribution in [-0.4, -0.2) is 11.6 Å². The molecule has 0 bridgehead atoms. The van der Waals surface area contributed by atoms with Crippen molar-refractivity contribution in [2.24, 2.45) is 59.2 Å². The summed E-state index contributed by atoms with van der Waals surface area (Å²) in [4.78, 5) is 26.2. The summed E-state index contributed by atoms with van der Waals surface area (Å²) >= 11 is 0. The standard InChI is InChI=1S/C24H34O2/c25-23-17-7-3-1-5-13(17)21-15-9-12-20-22(16(15)10-11-19(21)23)14-6-2-4-8-18(14)24(20)26/h13-22H,1-12H2. The molecule has 10 unspecified atom stereocenters. The lowest BCUT2D eigenvalue weighted by molar-refractivity contribution is -0.129. The zero-order valence-electron chi connectivity index (χ0n) is 16.1. The Morgan fingerprint density at radius 2 is 0.846 bits per heavy atom. The molecule has 26 heavy (non-hydrogen) atoms. The summed E-state index contributed by atoms with van der Waals surface area (Å²) in [5.41, 5.74) is 0. The van der Waals surface area contributed by atoms with Crippen LogP contribution in [0, 0.1) is 59.2 Å². The number of hydrogen-bond acceptors (Lipinski definition) is 2. The Bertz CT molecular complexity index is 570. The molecule has 0 aromatic carbocycles. The Kier molecular flexibility index (Phi) is 3.71. The predicted molar refractivity (Wildman–Crippen MR) is 100 cm³/mol. The Morgan fingerprint density at radius 1 is 0.423 bits per heavy atom. The highest BCUT2D eigenvalue weighted by Gasteiger charge is 2.62. The normalized spacial score (nSPS) is 55.5. The Hall–Kier alpha value is -0.660. The molecule has 0 amide bonds. The van der Waals surface area contributed by atoms with Crippen LogP contribution in [0.5, 0.6) is 0 Å². The van der Waals surface area contributed by atoms with Gasteiger partial charge in [0, 0.05) is 23.7 Å². The first-order chi connectivity index (χ1) is 12.8. The summed E-state index contributed by atoms with van der Waals surface area (Å²) in [6.45, 7) is 0. The number of ketones is 2. The molecule has 2 heteroatoms. The van der Waals surface area contributed by atoms with Crippen molar-refractivity contribution in [1.82, 2.24) is 0 Å². The van der Waals surface area contributed by atoms with Gasteiger partial charge in [-0.1, -0.05) is 25.7 Å². The average molecular weight is 355 g/mol. The van der Waals surface area contributed by atoms with Gasteiger partial charge in [0.15, 0.2) is 0 Å². The van der Waals surface area contributed by atoms with Crippen molar-refractivity contribution >= 4 is 11.6 Å². The molecule has 2 nitrogen and oxygen atoms in total. The van der Waals surface area contributed by atoms with E-state index in [4.69, 9.17) is 0 Å². The molecule has 6 fully saturated rings. The van der Waals surface area contributed by atoms with E-state index in [2.05, 4.69) is 0 Å². The van der Waals surface area contributed by atoms with Gasteiger partial charge in [-0.05, 0) is 86.9 Å². The number of Topliss-reactive ketones (excluding diaryl/α,β-unsaturated/α-hetero) is 2. The SMILES string of the molecule is O=C1C2CCCCC2C2C1CCC1C2CCC2C(=O)C3CCCCC3C21. The molecule has 0 N–H and O–H groups in total. The second kappa shape index (κ2) is 5.92. The lowest BCUT2D eigenvalue weighted by Crippen LogP contribution is -2.45. The van der Waals surface area contributed by atoms with Crippen molar-refractivity contribution in [2.75, 3.05) is 0 Å². The number of carbonyl (C=O) groups is 2. The second-order valence-corrected chi connectivity index (χ2v) is 10.8. The Morgan fingerprint density at radius 3 is 1.31 bits per heavy atom. The lowest BCUT2D eigenvalue weighted by atomic mass is 9.53. The zero-order chi connectivity index (χ0) is 17.4. The lowest BCUT2D eigenvalue weighted by Gasteiger charge is -2.51. The quantitative estimate of drug-likeness (QED) is 0.610. The fourth-order valence-corrected chi connectivity index (χ4v) is 9.50. The van der Waals surface area contributed by atoms with E-state index in [1.54, 1.807) is 0 Å². The maximum Gasteiger partial charge on any atom is 0.139 e. The molecule has 0 radical (unpaired) electrons. The van der Waals surface area contributed by atoms with Gasteiger partial charge in [-0.25, -0.2) is 0 Å². The van der Waals surface area contributed by atoms with Gasteiger partial charge in [-0.15, -0.1) is 0 Å². The highest BCUT2D eigenvalue weighted by atomic mass is 16.1. The second-order valence-electron chi connectivity index (χ2n) is 10.8. The van der Waals surface area contributed by atoms with Gasteiger partial charge in [0.25, 0.3) is 0 Å². The molecular weight excluding hydrogens is 320 g/mol. The van der Waals surface area contributed by atoms with Crippen LogP contribution in [0.1, 0.15) is 77.0 Å². The van der Waals surface area contributed by atoms with Gasteiger partial charge >= 0.3 is 0 Å². The van der Waals surface area contributed by atoms with Crippen molar-refractivity contribution in [1.29, 1.82) is 0 Å². The van der Waals surface area contributed by atoms with Crippen molar-refractivity contribution in [3.8, 4) is 0 Å². The molecule has 10 atom stereocenters. The maximum atomic E-state index is 13.1. The van der Waals surface area contributed by atoms with E-state index in [1.807, 2.05) is 0 Å². The highest BCUT2D eigenvalue weighted by molar-refractivity contribution is 5.88. The molecule has 0 aliphatic heterocycles. The first kappa shape index (κ1) is 16.3. The average Bonchev–Trinajstić information content (AvgIpc) is 3.15.